The number of nitrogens with one attached hydrogen (secondary N) is 1. The number of hydrogen-bond acceptors (Lipinski definition) is 3. The Balaban J connectivity index is 0.000000245. The molecule has 1 aliphatic rings. The van der Waals surface area contributed by atoms with Gasteiger partial charge in [0.1, 0.15) is 0 Å². The highest BCUT2D eigenvalue weighted by Crippen LogP contribution is 2.45. The first kappa shape index (κ1) is 44.5. The normalized spacial score (nSPS) is 11.6. The monoisotopic (exact) mass is 761 g/mol. The Morgan fingerprint density at radius 1 is 0.400 bits per heavy atom. The van der Waals surface area contributed by atoms with Crippen LogP contribution in [0.4, 0.5) is 22.7 Å². The summed E-state index contributed by atoms with van der Waals surface area (Å²) in [4.78, 5) is 5.16. The van der Waals surface area contributed by atoms with Gasteiger partial charge in [-0.2, -0.15) is 0 Å². The van der Waals surface area contributed by atoms with Gasteiger partial charge in [-0.05, 0) is 67.3 Å². The quantitative estimate of drug-likeness (QED) is 0.0511. The van der Waals surface area contributed by atoms with E-state index < -0.39 is 0 Å². The fraction of sp³-hybridized carbons (Fsp3) is 0.538. The molecule has 0 atom stereocenters. The largest absolute Gasteiger partial charge is 0.353 e. The SMILES string of the molecule is CCCCCCCCCCCCCCN(c1ccccc1)c1ccccc1.CCCCCCCCCCCCCCc1cccc2c1Nc1ccccc1S2. The third-order valence-corrected chi connectivity index (χ3v) is 12.3. The molecule has 55 heavy (non-hydrogen) atoms. The lowest BCUT2D eigenvalue weighted by atomic mass is 10.0. The molecule has 4 aromatic rings. The molecule has 1 heterocycles. The molecule has 0 saturated heterocycles. The van der Waals surface area contributed by atoms with Gasteiger partial charge in [-0.1, -0.05) is 228 Å². The van der Waals surface area contributed by atoms with E-state index in [0.29, 0.717) is 0 Å². The molecule has 3 heteroatoms. The number of fused-ring (bicyclic) bond motifs is 2. The Morgan fingerprint density at radius 2 is 0.818 bits per heavy atom. The Morgan fingerprint density at radius 3 is 1.33 bits per heavy atom. The minimum absolute atomic E-state index is 1.10. The number of rotatable bonds is 28. The molecule has 0 aliphatic carbocycles. The number of nitrogens with zero attached hydrogens (tertiary/aromatic N) is 1. The van der Waals surface area contributed by atoms with Gasteiger partial charge in [0.2, 0.25) is 0 Å². The lowest BCUT2D eigenvalue weighted by Crippen LogP contribution is -2.18. The highest BCUT2D eigenvalue weighted by molar-refractivity contribution is 7.99. The van der Waals surface area contributed by atoms with E-state index in [9.17, 15) is 0 Å². The summed E-state index contributed by atoms with van der Waals surface area (Å²) in [5.41, 5.74) is 6.67. The molecule has 2 nitrogen and oxygen atoms in total. The van der Waals surface area contributed by atoms with Gasteiger partial charge in [-0.25, -0.2) is 0 Å². The number of para-hydroxylation sites is 4. The van der Waals surface area contributed by atoms with E-state index in [4.69, 9.17) is 0 Å². The number of anilines is 4. The van der Waals surface area contributed by atoms with Crippen molar-refractivity contribution in [2.24, 2.45) is 0 Å². The van der Waals surface area contributed by atoms with Crippen LogP contribution in [0.1, 0.15) is 174 Å². The van der Waals surface area contributed by atoms with Crippen molar-refractivity contribution in [1.82, 2.24) is 0 Å². The Labute approximate surface area is 342 Å². The molecule has 1 N–H and O–H groups in total. The van der Waals surface area contributed by atoms with Gasteiger partial charge in [0.05, 0.1) is 11.4 Å². The molecule has 0 unspecified atom stereocenters. The highest BCUT2D eigenvalue weighted by Gasteiger charge is 2.17. The fourth-order valence-corrected chi connectivity index (χ4v) is 8.86. The first-order chi connectivity index (χ1) is 27.3. The van der Waals surface area contributed by atoms with E-state index in [1.165, 1.54) is 199 Å². The molecule has 0 fully saturated rings. The van der Waals surface area contributed by atoms with Crippen LogP contribution in [-0.2, 0) is 6.42 Å². The summed E-state index contributed by atoms with van der Waals surface area (Å²) in [6.07, 6.45) is 34.9. The molecule has 0 spiro atoms. The van der Waals surface area contributed by atoms with Gasteiger partial charge in [0, 0.05) is 27.7 Å². The molecule has 300 valence electrons. The summed E-state index contributed by atoms with van der Waals surface area (Å²) in [6.45, 7) is 5.69. The van der Waals surface area contributed by atoms with Gasteiger partial charge >= 0.3 is 0 Å². The Kier molecular flexibility index (Phi) is 23.6. The van der Waals surface area contributed by atoms with Crippen LogP contribution in [0.15, 0.2) is 113 Å². The van der Waals surface area contributed by atoms with Crippen LogP contribution in [0.2, 0.25) is 0 Å². The number of aryl methyl sites for hydroxylation is 1. The van der Waals surface area contributed by atoms with Gasteiger partial charge < -0.3 is 10.2 Å². The summed E-state index contributed by atoms with van der Waals surface area (Å²) >= 11 is 1.90. The van der Waals surface area contributed by atoms with Crippen molar-refractivity contribution in [3.05, 3.63) is 109 Å². The van der Waals surface area contributed by atoms with Gasteiger partial charge in [-0.15, -0.1) is 0 Å². The van der Waals surface area contributed by atoms with Crippen molar-refractivity contribution >= 4 is 34.5 Å². The third-order valence-electron chi connectivity index (χ3n) is 11.1. The second-order valence-corrected chi connectivity index (χ2v) is 16.9. The first-order valence-corrected chi connectivity index (χ1v) is 23.6. The topological polar surface area (TPSA) is 15.3 Å². The maximum Gasteiger partial charge on any atom is 0.0558 e. The van der Waals surface area contributed by atoms with Crippen LogP contribution in [0.25, 0.3) is 0 Å². The molecule has 0 aromatic heterocycles. The van der Waals surface area contributed by atoms with E-state index in [1.807, 2.05) is 11.8 Å². The molecule has 1 aliphatic heterocycles. The van der Waals surface area contributed by atoms with Gasteiger partial charge in [-0.3, -0.25) is 0 Å². The van der Waals surface area contributed by atoms with Crippen LogP contribution in [-0.4, -0.2) is 6.54 Å². The zero-order valence-electron chi connectivity index (χ0n) is 35.1. The van der Waals surface area contributed by atoms with Gasteiger partial charge in [0.25, 0.3) is 0 Å². The zero-order chi connectivity index (χ0) is 38.4. The van der Waals surface area contributed by atoms with Crippen LogP contribution in [0, 0.1) is 0 Å². The first-order valence-electron chi connectivity index (χ1n) is 22.8. The number of benzene rings is 4. The van der Waals surface area contributed by atoms with Crippen molar-refractivity contribution < 1.29 is 0 Å². The number of hydrogen-bond donors (Lipinski definition) is 1. The van der Waals surface area contributed by atoms with E-state index in [1.54, 1.807) is 0 Å². The highest BCUT2D eigenvalue weighted by atomic mass is 32.2. The van der Waals surface area contributed by atoms with E-state index in [0.717, 1.165) is 6.54 Å². The van der Waals surface area contributed by atoms with Crippen LogP contribution in [0.3, 0.4) is 0 Å². The molecule has 0 bridgehead atoms. The second kappa shape index (κ2) is 29.1. The summed E-state index contributed by atoms with van der Waals surface area (Å²) in [5.74, 6) is 0. The lowest BCUT2D eigenvalue weighted by molar-refractivity contribution is 0.544. The maximum atomic E-state index is 3.68. The lowest BCUT2D eigenvalue weighted by Gasteiger charge is -2.25. The second-order valence-electron chi connectivity index (χ2n) is 15.9. The van der Waals surface area contributed by atoms with Crippen molar-refractivity contribution in [3.63, 3.8) is 0 Å². The zero-order valence-corrected chi connectivity index (χ0v) is 35.9. The Hall–Kier alpha value is -3.17. The summed E-state index contributed by atoms with van der Waals surface area (Å²) in [6, 6.07) is 37.0. The molecular weight excluding hydrogens is 685 g/mol. The fourth-order valence-electron chi connectivity index (χ4n) is 7.81. The minimum Gasteiger partial charge on any atom is -0.353 e. The molecule has 0 amide bonds. The standard InChI is InChI=1S/C26H37NS.C26H39N/c1-2-3-4-5-6-7-8-9-10-11-12-13-17-22-18-16-21-25-26(22)27-23-19-14-15-20-24(23)28-25;1-2-3-4-5-6-7-8-9-10-11-12-19-24-27(25-20-15-13-16-21-25)26-22-17-14-18-23-26/h14-16,18-21,27H,2-13,17H2,1H3;13-18,20-23H,2-12,19,24H2,1H3. The summed E-state index contributed by atoms with van der Waals surface area (Å²) < 4.78 is 0. The summed E-state index contributed by atoms with van der Waals surface area (Å²) in [7, 11) is 0. The van der Waals surface area contributed by atoms with Crippen LogP contribution < -0.4 is 10.2 Å². The van der Waals surface area contributed by atoms with Crippen molar-refractivity contribution in [2.45, 2.75) is 184 Å². The smallest absolute Gasteiger partial charge is 0.0558 e. The third kappa shape index (κ3) is 18.1. The minimum atomic E-state index is 1.10. The summed E-state index contributed by atoms with van der Waals surface area (Å²) in [5, 5.41) is 3.68. The molecule has 0 radical (unpaired) electrons. The molecular formula is C52H76N2S. The van der Waals surface area contributed by atoms with E-state index in [-0.39, 0.29) is 0 Å². The van der Waals surface area contributed by atoms with E-state index in [2.05, 4.69) is 127 Å². The van der Waals surface area contributed by atoms with Crippen molar-refractivity contribution in [2.75, 3.05) is 16.8 Å². The maximum absolute atomic E-state index is 3.68. The molecule has 5 rings (SSSR count). The molecule has 4 aromatic carbocycles. The molecule has 0 saturated carbocycles. The Bertz CT molecular complexity index is 1460. The average Bonchev–Trinajstić information content (AvgIpc) is 3.23. The van der Waals surface area contributed by atoms with Crippen LogP contribution in [0.5, 0.6) is 0 Å². The van der Waals surface area contributed by atoms with E-state index >= 15 is 0 Å². The predicted octanol–water partition coefficient (Wildman–Crippen LogP) is 17.7. The predicted molar refractivity (Wildman–Crippen MR) is 246 cm³/mol. The van der Waals surface area contributed by atoms with Crippen molar-refractivity contribution in [3.8, 4) is 0 Å². The number of unbranched alkanes of at least 4 members (excludes halogenated alkanes) is 22. The van der Waals surface area contributed by atoms with Gasteiger partial charge in [0.15, 0.2) is 0 Å². The average molecular weight is 761 g/mol. The van der Waals surface area contributed by atoms with Crippen molar-refractivity contribution in [1.29, 1.82) is 0 Å². The van der Waals surface area contributed by atoms with Crippen LogP contribution >= 0.6 is 11.8 Å².